The van der Waals surface area contributed by atoms with Crippen molar-refractivity contribution < 1.29 is 24.2 Å². The number of carbonyl (C=O) groups is 3. The molecule has 0 spiro atoms. The van der Waals surface area contributed by atoms with Gasteiger partial charge in [0.25, 0.3) is 5.91 Å². The maximum absolute atomic E-state index is 12.6. The van der Waals surface area contributed by atoms with E-state index < -0.39 is 18.0 Å². The van der Waals surface area contributed by atoms with E-state index in [1.807, 2.05) is 6.07 Å². The monoisotopic (exact) mass is 332 g/mol. The third-order valence-corrected chi connectivity index (χ3v) is 4.49. The van der Waals surface area contributed by atoms with Crippen molar-refractivity contribution in [2.45, 2.75) is 25.9 Å². The van der Waals surface area contributed by atoms with Crippen molar-refractivity contribution in [2.75, 3.05) is 24.5 Å². The summed E-state index contributed by atoms with van der Waals surface area (Å²) in [5.74, 6) is -1.35. The van der Waals surface area contributed by atoms with Crippen molar-refractivity contribution in [3.8, 4) is 5.75 Å². The van der Waals surface area contributed by atoms with Crippen LogP contribution in [0.15, 0.2) is 24.3 Å². The van der Waals surface area contributed by atoms with Crippen LogP contribution in [0.1, 0.15) is 19.8 Å². The standard InChI is InChI=1S/C17H20N2O5/c1-11-16(21)19(13-6-2-3-7-14(13)24-11)10-15(20)18-8-4-5-12(9-18)17(22)23/h2-3,6-7,11-12H,4-5,8-10H2,1H3,(H,22,23)/t11?,12-/m0/s1. The first-order valence-corrected chi connectivity index (χ1v) is 8.05. The normalized spacial score (nSPS) is 23.5. The minimum absolute atomic E-state index is 0.101. The van der Waals surface area contributed by atoms with Crippen molar-refractivity contribution in [2.24, 2.45) is 5.92 Å². The summed E-state index contributed by atoms with van der Waals surface area (Å²) in [6.45, 7) is 2.27. The molecule has 0 aliphatic carbocycles. The molecular formula is C17H20N2O5. The zero-order valence-corrected chi connectivity index (χ0v) is 13.5. The zero-order chi connectivity index (χ0) is 17.3. The molecule has 7 heteroatoms. The van der Waals surface area contributed by atoms with Crippen LogP contribution in [0, 0.1) is 5.92 Å². The molecule has 2 amide bonds. The summed E-state index contributed by atoms with van der Waals surface area (Å²) in [4.78, 5) is 39.1. The number of aliphatic carboxylic acids is 1. The molecule has 1 fully saturated rings. The van der Waals surface area contributed by atoms with Crippen LogP contribution in [0.4, 0.5) is 5.69 Å². The topological polar surface area (TPSA) is 87.2 Å². The van der Waals surface area contributed by atoms with E-state index in [1.54, 1.807) is 25.1 Å². The largest absolute Gasteiger partial charge is 0.481 e. The van der Waals surface area contributed by atoms with Crippen molar-refractivity contribution in [1.29, 1.82) is 0 Å². The number of hydrogen-bond acceptors (Lipinski definition) is 4. The van der Waals surface area contributed by atoms with E-state index in [9.17, 15) is 14.4 Å². The lowest BCUT2D eigenvalue weighted by molar-refractivity contribution is -0.145. The number of amides is 2. The Bertz CT molecular complexity index is 675. The van der Waals surface area contributed by atoms with Gasteiger partial charge in [0.1, 0.15) is 12.3 Å². The number of benzene rings is 1. The second-order valence-corrected chi connectivity index (χ2v) is 6.17. The fraction of sp³-hybridized carbons (Fsp3) is 0.471. The zero-order valence-electron chi connectivity index (χ0n) is 13.5. The summed E-state index contributed by atoms with van der Waals surface area (Å²) in [5, 5.41) is 9.15. The number of carboxylic acids is 1. The summed E-state index contributed by atoms with van der Waals surface area (Å²) in [5.41, 5.74) is 0.570. The predicted molar refractivity (Wildman–Crippen MR) is 85.8 cm³/mol. The van der Waals surface area contributed by atoms with Crippen LogP contribution in [0.25, 0.3) is 0 Å². The molecule has 0 bridgehead atoms. The number of likely N-dealkylation sites (tertiary alicyclic amines) is 1. The Morgan fingerprint density at radius 3 is 2.83 bits per heavy atom. The van der Waals surface area contributed by atoms with E-state index in [-0.39, 0.29) is 24.9 Å². The fourth-order valence-electron chi connectivity index (χ4n) is 3.16. The van der Waals surface area contributed by atoms with Crippen LogP contribution in [0.2, 0.25) is 0 Å². The number of fused-ring (bicyclic) bond motifs is 1. The van der Waals surface area contributed by atoms with Gasteiger partial charge in [-0.25, -0.2) is 0 Å². The minimum Gasteiger partial charge on any atom is -0.481 e. The molecule has 2 aliphatic heterocycles. The minimum atomic E-state index is -0.881. The molecule has 128 valence electrons. The van der Waals surface area contributed by atoms with Crippen LogP contribution in [0.3, 0.4) is 0 Å². The molecule has 2 heterocycles. The molecule has 2 atom stereocenters. The number of piperidine rings is 1. The summed E-state index contributed by atoms with van der Waals surface area (Å²) in [6, 6.07) is 7.09. The Kier molecular flexibility index (Phi) is 4.42. The number of para-hydroxylation sites is 2. The molecule has 3 rings (SSSR count). The number of carbonyl (C=O) groups excluding carboxylic acids is 2. The summed E-state index contributed by atoms with van der Waals surface area (Å²) in [6.07, 6.45) is 0.586. The van der Waals surface area contributed by atoms with Crippen molar-refractivity contribution in [1.82, 2.24) is 4.90 Å². The van der Waals surface area contributed by atoms with Crippen molar-refractivity contribution in [3.63, 3.8) is 0 Å². The highest BCUT2D eigenvalue weighted by Crippen LogP contribution is 2.33. The summed E-state index contributed by atoms with van der Waals surface area (Å²) >= 11 is 0. The quantitative estimate of drug-likeness (QED) is 0.896. The highest BCUT2D eigenvalue weighted by molar-refractivity contribution is 6.03. The van der Waals surface area contributed by atoms with E-state index >= 15 is 0 Å². The molecule has 0 radical (unpaired) electrons. The number of rotatable bonds is 3. The van der Waals surface area contributed by atoms with E-state index in [0.29, 0.717) is 30.8 Å². The number of hydrogen-bond donors (Lipinski definition) is 1. The number of anilines is 1. The average Bonchev–Trinajstić information content (AvgIpc) is 2.58. The van der Waals surface area contributed by atoms with Gasteiger partial charge in [0.05, 0.1) is 11.6 Å². The third kappa shape index (κ3) is 3.06. The Balaban J connectivity index is 1.76. The van der Waals surface area contributed by atoms with Gasteiger partial charge < -0.3 is 14.7 Å². The Labute approximate surface area is 139 Å². The maximum Gasteiger partial charge on any atom is 0.308 e. The second kappa shape index (κ2) is 6.51. The highest BCUT2D eigenvalue weighted by atomic mass is 16.5. The molecule has 1 aromatic rings. The van der Waals surface area contributed by atoms with Gasteiger partial charge in [-0.15, -0.1) is 0 Å². The van der Waals surface area contributed by atoms with Crippen LogP contribution >= 0.6 is 0 Å². The summed E-state index contributed by atoms with van der Waals surface area (Å²) < 4.78 is 5.56. The first kappa shape index (κ1) is 16.3. The van der Waals surface area contributed by atoms with Gasteiger partial charge in [-0.2, -0.15) is 0 Å². The average molecular weight is 332 g/mol. The molecule has 1 unspecified atom stereocenters. The molecule has 1 saturated heterocycles. The Hall–Kier alpha value is -2.57. The van der Waals surface area contributed by atoms with Crippen LogP contribution in [-0.4, -0.2) is 53.5 Å². The van der Waals surface area contributed by atoms with Crippen LogP contribution in [-0.2, 0) is 14.4 Å². The molecule has 24 heavy (non-hydrogen) atoms. The lowest BCUT2D eigenvalue weighted by atomic mass is 9.98. The van der Waals surface area contributed by atoms with Crippen LogP contribution < -0.4 is 9.64 Å². The fourth-order valence-corrected chi connectivity index (χ4v) is 3.16. The van der Waals surface area contributed by atoms with Crippen molar-refractivity contribution >= 4 is 23.5 Å². The van der Waals surface area contributed by atoms with Gasteiger partial charge in [-0.1, -0.05) is 12.1 Å². The lowest BCUT2D eigenvalue weighted by Crippen LogP contribution is -2.51. The van der Waals surface area contributed by atoms with E-state index in [4.69, 9.17) is 9.84 Å². The molecular weight excluding hydrogens is 312 g/mol. The predicted octanol–water partition coefficient (Wildman–Crippen LogP) is 1.12. The lowest BCUT2D eigenvalue weighted by Gasteiger charge is -2.35. The van der Waals surface area contributed by atoms with Gasteiger partial charge in [0.2, 0.25) is 5.91 Å². The third-order valence-electron chi connectivity index (χ3n) is 4.49. The molecule has 0 aromatic heterocycles. The van der Waals surface area contributed by atoms with E-state index in [2.05, 4.69) is 0 Å². The number of ether oxygens (including phenoxy) is 1. The molecule has 0 saturated carbocycles. The molecule has 7 nitrogen and oxygen atoms in total. The first-order chi connectivity index (χ1) is 11.5. The van der Waals surface area contributed by atoms with E-state index in [1.165, 1.54) is 9.80 Å². The maximum atomic E-state index is 12.6. The van der Waals surface area contributed by atoms with Gasteiger partial charge in [-0.3, -0.25) is 19.3 Å². The smallest absolute Gasteiger partial charge is 0.308 e. The van der Waals surface area contributed by atoms with E-state index in [0.717, 1.165) is 0 Å². The molecule has 2 aliphatic rings. The summed E-state index contributed by atoms with van der Waals surface area (Å²) in [7, 11) is 0. The number of nitrogens with zero attached hydrogens (tertiary/aromatic N) is 2. The Morgan fingerprint density at radius 1 is 1.33 bits per heavy atom. The number of carboxylic acid groups (broad SMARTS) is 1. The van der Waals surface area contributed by atoms with Gasteiger partial charge in [-0.05, 0) is 31.9 Å². The van der Waals surface area contributed by atoms with Gasteiger partial charge in [0.15, 0.2) is 6.10 Å². The highest BCUT2D eigenvalue weighted by Gasteiger charge is 2.35. The van der Waals surface area contributed by atoms with Crippen molar-refractivity contribution in [3.05, 3.63) is 24.3 Å². The SMILES string of the molecule is CC1Oc2ccccc2N(CC(=O)N2CCC[C@H](C(=O)O)C2)C1=O. The first-order valence-electron chi connectivity index (χ1n) is 8.05. The second-order valence-electron chi connectivity index (χ2n) is 6.17. The molecule has 1 aromatic carbocycles. The molecule has 1 N–H and O–H groups in total. The van der Waals surface area contributed by atoms with Crippen LogP contribution in [0.5, 0.6) is 5.75 Å². The van der Waals surface area contributed by atoms with Gasteiger partial charge in [0, 0.05) is 13.1 Å². The van der Waals surface area contributed by atoms with Gasteiger partial charge >= 0.3 is 5.97 Å². The Morgan fingerprint density at radius 2 is 2.08 bits per heavy atom.